The smallest absolute Gasteiger partial charge is 0.260 e. The second kappa shape index (κ2) is 8.13. The molecule has 1 atom stereocenters. The third-order valence-electron chi connectivity index (χ3n) is 4.87. The van der Waals surface area contributed by atoms with E-state index in [0.717, 1.165) is 18.4 Å². The van der Waals surface area contributed by atoms with Crippen LogP contribution in [0.2, 0.25) is 0 Å². The lowest BCUT2D eigenvalue weighted by Crippen LogP contribution is -2.41. The lowest BCUT2D eigenvalue weighted by Gasteiger charge is -2.25. The van der Waals surface area contributed by atoms with Gasteiger partial charge in [0.05, 0.1) is 11.4 Å². The minimum atomic E-state index is -0.701. The molecule has 3 aromatic rings. The van der Waals surface area contributed by atoms with E-state index in [1.807, 2.05) is 30.5 Å². The third-order valence-corrected chi connectivity index (χ3v) is 5.69. The van der Waals surface area contributed by atoms with Crippen molar-refractivity contribution in [2.75, 3.05) is 10.0 Å². The fraction of sp³-hybridized carbons (Fsp3) is 0.227. The zero-order valence-electron chi connectivity index (χ0n) is 15.9. The monoisotopic (exact) mass is 409 g/mol. The summed E-state index contributed by atoms with van der Waals surface area (Å²) in [6.45, 7) is 2.03. The number of aromatic nitrogens is 1. The molecule has 1 aliphatic heterocycles. The van der Waals surface area contributed by atoms with E-state index in [4.69, 9.17) is 0 Å². The predicted octanol–water partition coefficient (Wildman–Crippen LogP) is 5.05. The zero-order valence-corrected chi connectivity index (χ0v) is 16.7. The molecule has 2 aromatic carbocycles. The molecule has 1 aromatic heterocycles. The van der Waals surface area contributed by atoms with Gasteiger partial charge in [-0.15, -0.1) is 11.3 Å². The maximum atomic E-state index is 13.2. The Hall–Kier alpha value is -3.06. The van der Waals surface area contributed by atoms with Gasteiger partial charge in [-0.05, 0) is 42.8 Å². The van der Waals surface area contributed by atoms with Crippen molar-refractivity contribution in [2.24, 2.45) is 5.92 Å². The Morgan fingerprint density at radius 2 is 1.69 bits per heavy atom. The van der Waals surface area contributed by atoms with E-state index in [1.165, 1.54) is 33.5 Å². The number of hydrazine groups is 1. The molecule has 0 bridgehead atoms. The molecule has 0 spiro atoms. The number of hydrogen-bond acceptors (Lipinski definition) is 4. The minimum Gasteiger partial charge on any atom is -0.272 e. The molecule has 7 heteroatoms. The number of carbonyl (C=O) groups excluding carboxylic acids is 2. The van der Waals surface area contributed by atoms with Gasteiger partial charge in [0.25, 0.3) is 11.8 Å². The van der Waals surface area contributed by atoms with Gasteiger partial charge < -0.3 is 0 Å². The fourth-order valence-electron chi connectivity index (χ4n) is 3.36. The summed E-state index contributed by atoms with van der Waals surface area (Å²) < 4.78 is 13.2. The van der Waals surface area contributed by atoms with Crippen LogP contribution >= 0.6 is 11.3 Å². The van der Waals surface area contributed by atoms with Crippen LogP contribution in [0.4, 0.5) is 15.2 Å². The second-order valence-corrected chi connectivity index (χ2v) is 7.69. The average Bonchev–Trinajstić information content (AvgIpc) is 3.31. The number of unbranched alkanes of at least 4 members (excludes halogenated alkanes) is 1. The van der Waals surface area contributed by atoms with Crippen molar-refractivity contribution in [1.29, 1.82) is 0 Å². The van der Waals surface area contributed by atoms with E-state index in [2.05, 4.69) is 4.98 Å². The molecular formula is C22H20FN3O2S. The summed E-state index contributed by atoms with van der Waals surface area (Å²) in [5.41, 5.74) is 2.01. The van der Waals surface area contributed by atoms with Crippen LogP contribution in [0.5, 0.6) is 0 Å². The molecule has 0 saturated carbocycles. The number of carbonyl (C=O) groups is 2. The summed E-state index contributed by atoms with van der Waals surface area (Å²) in [6.07, 6.45) is 2.23. The number of halogens is 1. The number of nitrogens with zero attached hydrogens (tertiary/aromatic N) is 3. The van der Waals surface area contributed by atoms with Gasteiger partial charge in [0.2, 0.25) is 5.13 Å². The van der Waals surface area contributed by atoms with E-state index < -0.39 is 5.92 Å². The Morgan fingerprint density at radius 1 is 1.00 bits per heavy atom. The van der Waals surface area contributed by atoms with E-state index in [9.17, 15) is 14.0 Å². The van der Waals surface area contributed by atoms with Crippen molar-refractivity contribution in [2.45, 2.75) is 26.2 Å². The number of hydrogen-bond donors (Lipinski definition) is 0. The van der Waals surface area contributed by atoms with Gasteiger partial charge >= 0.3 is 0 Å². The highest BCUT2D eigenvalue weighted by molar-refractivity contribution is 7.14. The van der Waals surface area contributed by atoms with Crippen molar-refractivity contribution < 1.29 is 14.0 Å². The number of rotatable bonds is 6. The topological polar surface area (TPSA) is 53.5 Å². The molecule has 2 amide bonds. The van der Waals surface area contributed by atoms with Crippen LogP contribution in [0, 0.1) is 11.7 Å². The van der Waals surface area contributed by atoms with Crippen LogP contribution in [0.1, 0.15) is 26.2 Å². The summed E-state index contributed by atoms with van der Waals surface area (Å²) in [5.74, 6) is -1.51. The lowest BCUT2D eigenvalue weighted by atomic mass is 10.0. The molecule has 148 valence electrons. The molecule has 29 heavy (non-hydrogen) atoms. The second-order valence-electron chi connectivity index (χ2n) is 6.85. The molecule has 0 radical (unpaired) electrons. The Labute approximate surface area is 172 Å². The molecule has 1 fully saturated rings. The molecular weight excluding hydrogens is 389 g/mol. The standard InChI is InChI=1S/C22H20FN3O2S/c1-2-3-9-18-20(27)25(17-7-5-4-6-8-17)26(21(18)28)22-24-19(14-29-22)15-10-12-16(23)13-11-15/h4-8,10-14,18H,2-3,9H2,1H3. The first-order valence-corrected chi connectivity index (χ1v) is 10.4. The first-order chi connectivity index (χ1) is 14.1. The van der Waals surface area contributed by atoms with Crippen LogP contribution < -0.4 is 10.0 Å². The van der Waals surface area contributed by atoms with Crippen molar-refractivity contribution >= 4 is 34.0 Å². The quantitative estimate of drug-likeness (QED) is 0.535. The molecule has 4 rings (SSSR count). The number of amides is 2. The first kappa shape index (κ1) is 19.3. The van der Waals surface area contributed by atoms with Crippen molar-refractivity contribution in [3.05, 3.63) is 65.8 Å². The van der Waals surface area contributed by atoms with E-state index in [-0.39, 0.29) is 17.6 Å². The molecule has 0 N–H and O–H groups in total. The van der Waals surface area contributed by atoms with Crippen molar-refractivity contribution in [3.8, 4) is 11.3 Å². The Morgan fingerprint density at radius 3 is 2.38 bits per heavy atom. The largest absolute Gasteiger partial charge is 0.272 e. The lowest BCUT2D eigenvalue weighted by molar-refractivity contribution is -0.127. The summed E-state index contributed by atoms with van der Waals surface area (Å²) in [6, 6.07) is 15.2. The highest BCUT2D eigenvalue weighted by Gasteiger charge is 2.47. The van der Waals surface area contributed by atoms with Gasteiger partial charge in [-0.3, -0.25) is 9.59 Å². The molecule has 0 aliphatic carbocycles. The normalized spacial score (nSPS) is 16.7. The molecule has 1 saturated heterocycles. The number of thiazole rings is 1. The summed E-state index contributed by atoms with van der Waals surface area (Å²) >= 11 is 1.28. The van der Waals surface area contributed by atoms with Crippen LogP contribution in [-0.4, -0.2) is 16.8 Å². The van der Waals surface area contributed by atoms with Crippen LogP contribution in [-0.2, 0) is 9.59 Å². The fourth-order valence-corrected chi connectivity index (χ4v) is 4.19. The highest BCUT2D eigenvalue weighted by atomic mass is 32.1. The summed E-state index contributed by atoms with van der Waals surface area (Å²) in [7, 11) is 0. The number of anilines is 2. The van der Waals surface area contributed by atoms with E-state index in [1.54, 1.807) is 24.3 Å². The molecule has 5 nitrogen and oxygen atoms in total. The maximum absolute atomic E-state index is 13.2. The molecule has 1 unspecified atom stereocenters. The van der Waals surface area contributed by atoms with Gasteiger partial charge in [-0.2, -0.15) is 5.01 Å². The Kier molecular flexibility index (Phi) is 5.40. The Bertz CT molecular complexity index is 1020. The van der Waals surface area contributed by atoms with E-state index >= 15 is 0 Å². The van der Waals surface area contributed by atoms with Crippen LogP contribution in [0.15, 0.2) is 60.0 Å². The van der Waals surface area contributed by atoms with Gasteiger partial charge in [-0.25, -0.2) is 14.4 Å². The van der Waals surface area contributed by atoms with Crippen LogP contribution in [0.3, 0.4) is 0 Å². The third kappa shape index (κ3) is 3.65. The van der Waals surface area contributed by atoms with Gasteiger partial charge in [0, 0.05) is 10.9 Å². The van der Waals surface area contributed by atoms with Gasteiger partial charge in [0.15, 0.2) is 0 Å². The number of benzene rings is 2. The SMILES string of the molecule is CCCCC1C(=O)N(c2ccccc2)N(c2nc(-c3ccc(F)cc3)cs2)C1=O. The van der Waals surface area contributed by atoms with E-state index in [0.29, 0.717) is 22.9 Å². The predicted molar refractivity (Wildman–Crippen MR) is 112 cm³/mol. The average molecular weight is 409 g/mol. The van der Waals surface area contributed by atoms with Gasteiger partial charge in [0.1, 0.15) is 11.7 Å². The maximum Gasteiger partial charge on any atom is 0.260 e. The highest BCUT2D eigenvalue weighted by Crippen LogP contribution is 2.36. The first-order valence-electron chi connectivity index (χ1n) is 9.54. The molecule has 2 heterocycles. The summed E-state index contributed by atoms with van der Waals surface area (Å²) in [5, 5.41) is 5.04. The van der Waals surface area contributed by atoms with Crippen LogP contribution in [0.25, 0.3) is 11.3 Å². The van der Waals surface area contributed by atoms with Crippen molar-refractivity contribution in [1.82, 2.24) is 4.98 Å². The zero-order chi connectivity index (χ0) is 20.4. The summed E-state index contributed by atoms with van der Waals surface area (Å²) in [4.78, 5) is 30.9. The minimum absolute atomic E-state index is 0.229. The number of para-hydroxylation sites is 1. The molecule has 1 aliphatic rings. The van der Waals surface area contributed by atoms with Crippen molar-refractivity contribution in [3.63, 3.8) is 0 Å². The van der Waals surface area contributed by atoms with Gasteiger partial charge in [-0.1, -0.05) is 38.0 Å². The Balaban J connectivity index is 1.72.